The molecule has 0 unspecified atom stereocenters. The number of hydrogen-bond acceptors (Lipinski definition) is 4. The van der Waals surface area contributed by atoms with Crippen LogP contribution in [0.3, 0.4) is 0 Å². The molecule has 23 heavy (non-hydrogen) atoms. The molecule has 0 saturated carbocycles. The summed E-state index contributed by atoms with van der Waals surface area (Å²) in [5, 5.41) is 3.41. The normalized spacial score (nSPS) is 14.7. The SMILES string of the molecule is CC(C)Oc1cc(CNCc2ccco2)ccc1N1CCCC1. The van der Waals surface area contributed by atoms with Gasteiger partial charge in [0.1, 0.15) is 11.5 Å². The van der Waals surface area contributed by atoms with Crippen molar-refractivity contribution in [3.63, 3.8) is 0 Å². The Balaban J connectivity index is 1.68. The quantitative estimate of drug-likeness (QED) is 0.839. The Bertz CT molecular complexity index is 602. The van der Waals surface area contributed by atoms with Crippen molar-refractivity contribution in [3.05, 3.63) is 47.9 Å². The van der Waals surface area contributed by atoms with Crippen molar-refractivity contribution in [1.82, 2.24) is 5.32 Å². The topological polar surface area (TPSA) is 37.6 Å². The van der Waals surface area contributed by atoms with Gasteiger partial charge in [0.25, 0.3) is 0 Å². The van der Waals surface area contributed by atoms with E-state index in [9.17, 15) is 0 Å². The van der Waals surface area contributed by atoms with Gasteiger partial charge in [-0.05, 0) is 56.5 Å². The summed E-state index contributed by atoms with van der Waals surface area (Å²) in [6.07, 6.45) is 4.43. The van der Waals surface area contributed by atoms with E-state index in [1.54, 1.807) is 6.26 Å². The minimum absolute atomic E-state index is 0.183. The molecule has 2 heterocycles. The third-order valence-electron chi connectivity index (χ3n) is 4.04. The summed E-state index contributed by atoms with van der Waals surface area (Å²) in [6, 6.07) is 10.5. The van der Waals surface area contributed by atoms with E-state index in [0.717, 1.165) is 37.7 Å². The Morgan fingerprint density at radius 3 is 2.70 bits per heavy atom. The number of hydrogen-bond donors (Lipinski definition) is 1. The Hall–Kier alpha value is -1.94. The summed E-state index contributed by atoms with van der Waals surface area (Å²) >= 11 is 0. The average molecular weight is 314 g/mol. The minimum Gasteiger partial charge on any atom is -0.489 e. The maximum absolute atomic E-state index is 6.06. The monoisotopic (exact) mass is 314 g/mol. The number of nitrogens with one attached hydrogen (secondary N) is 1. The van der Waals surface area contributed by atoms with Gasteiger partial charge in [0.15, 0.2) is 0 Å². The number of ether oxygens (including phenoxy) is 1. The molecule has 0 amide bonds. The number of furan rings is 1. The highest BCUT2D eigenvalue weighted by Gasteiger charge is 2.17. The fraction of sp³-hybridized carbons (Fsp3) is 0.474. The molecule has 1 aromatic heterocycles. The van der Waals surface area contributed by atoms with Crippen LogP contribution in [0, 0.1) is 0 Å². The number of nitrogens with zero attached hydrogens (tertiary/aromatic N) is 1. The lowest BCUT2D eigenvalue weighted by Gasteiger charge is -2.23. The summed E-state index contributed by atoms with van der Waals surface area (Å²) in [5.41, 5.74) is 2.46. The molecule has 1 fully saturated rings. The molecule has 1 N–H and O–H groups in total. The van der Waals surface area contributed by atoms with Gasteiger partial charge < -0.3 is 19.4 Å². The predicted molar refractivity (Wildman–Crippen MR) is 92.9 cm³/mol. The van der Waals surface area contributed by atoms with Crippen LogP contribution in [0.1, 0.15) is 38.0 Å². The van der Waals surface area contributed by atoms with E-state index in [1.807, 2.05) is 12.1 Å². The summed E-state index contributed by atoms with van der Waals surface area (Å²) in [5.74, 6) is 1.96. The van der Waals surface area contributed by atoms with Crippen LogP contribution in [-0.2, 0) is 13.1 Å². The second kappa shape index (κ2) is 7.55. The molecular weight excluding hydrogens is 288 g/mol. The van der Waals surface area contributed by atoms with E-state index in [0.29, 0.717) is 0 Å². The van der Waals surface area contributed by atoms with Crippen molar-refractivity contribution in [2.24, 2.45) is 0 Å². The van der Waals surface area contributed by atoms with Crippen LogP contribution in [0.15, 0.2) is 41.0 Å². The van der Waals surface area contributed by atoms with Crippen LogP contribution in [0.4, 0.5) is 5.69 Å². The maximum Gasteiger partial charge on any atom is 0.143 e. The summed E-state index contributed by atoms with van der Waals surface area (Å²) < 4.78 is 11.4. The molecule has 2 aromatic rings. The van der Waals surface area contributed by atoms with E-state index < -0.39 is 0 Å². The number of rotatable bonds is 7. The van der Waals surface area contributed by atoms with Crippen molar-refractivity contribution in [2.45, 2.75) is 45.9 Å². The van der Waals surface area contributed by atoms with Crippen LogP contribution in [-0.4, -0.2) is 19.2 Å². The Morgan fingerprint density at radius 1 is 1.17 bits per heavy atom. The Kier molecular flexibility index (Phi) is 5.23. The van der Waals surface area contributed by atoms with Gasteiger partial charge in [-0.1, -0.05) is 6.07 Å². The molecule has 0 atom stereocenters. The van der Waals surface area contributed by atoms with E-state index in [4.69, 9.17) is 9.15 Å². The summed E-state index contributed by atoms with van der Waals surface area (Å²) in [6.45, 7) is 7.96. The van der Waals surface area contributed by atoms with Crippen molar-refractivity contribution in [3.8, 4) is 5.75 Å². The molecule has 0 radical (unpaired) electrons. The zero-order valence-electron chi connectivity index (χ0n) is 14.0. The Labute approximate surface area is 138 Å². The third-order valence-corrected chi connectivity index (χ3v) is 4.04. The highest BCUT2D eigenvalue weighted by atomic mass is 16.5. The van der Waals surface area contributed by atoms with Gasteiger partial charge in [0, 0.05) is 19.6 Å². The van der Waals surface area contributed by atoms with Gasteiger partial charge in [0.05, 0.1) is 24.6 Å². The van der Waals surface area contributed by atoms with Gasteiger partial charge >= 0.3 is 0 Å². The third kappa shape index (κ3) is 4.29. The largest absolute Gasteiger partial charge is 0.489 e. The zero-order valence-corrected chi connectivity index (χ0v) is 14.0. The van der Waals surface area contributed by atoms with Gasteiger partial charge in [0.2, 0.25) is 0 Å². The lowest BCUT2D eigenvalue weighted by Crippen LogP contribution is -2.20. The molecule has 4 heteroatoms. The van der Waals surface area contributed by atoms with Gasteiger partial charge in [-0.3, -0.25) is 0 Å². The van der Waals surface area contributed by atoms with E-state index in [2.05, 4.69) is 42.3 Å². The first-order valence-corrected chi connectivity index (χ1v) is 8.50. The second-order valence-electron chi connectivity index (χ2n) is 6.35. The van der Waals surface area contributed by atoms with E-state index in [-0.39, 0.29) is 6.10 Å². The molecule has 0 bridgehead atoms. The van der Waals surface area contributed by atoms with Crippen LogP contribution in [0.5, 0.6) is 5.75 Å². The fourth-order valence-electron chi connectivity index (χ4n) is 2.98. The first-order chi connectivity index (χ1) is 11.2. The van der Waals surface area contributed by atoms with Crippen molar-refractivity contribution < 1.29 is 9.15 Å². The number of benzene rings is 1. The lowest BCUT2D eigenvalue weighted by molar-refractivity contribution is 0.242. The molecular formula is C19H26N2O2. The Morgan fingerprint density at radius 2 is 2.00 bits per heavy atom. The van der Waals surface area contributed by atoms with Gasteiger partial charge in [-0.2, -0.15) is 0 Å². The van der Waals surface area contributed by atoms with Gasteiger partial charge in [-0.15, -0.1) is 0 Å². The highest BCUT2D eigenvalue weighted by molar-refractivity contribution is 5.60. The predicted octanol–water partition coefficient (Wildman–Crippen LogP) is 3.96. The fourth-order valence-corrected chi connectivity index (χ4v) is 2.98. The molecule has 1 aliphatic heterocycles. The van der Waals surface area contributed by atoms with Crippen LogP contribution in [0.2, 0.25) is 0 Å². The molecule has 124 valence electrons. The highest BCUT2D eigenvalue weighted by Crippen LogP contribution is 2.32. The molecule has 0 spiro atoms. The van der Waals surface area contributed by atoms with Crippen LogP contribution in [0.25, 0.3) is 0 Å². The van der Waals surface area contributed by atoms with Crippen molar-refractivity contribution >= 4 is 5.69 Å². The second-order valence-corrected chi connectivity index (χ2v) is 6.35. The van der Waals surface area contributed by atoms with Gasteiger partial charge in [-0.25, -0.2) is 0 Å². The standard InChI is InChI=1S/C19H26N2O2/c1-15(2)23-19-12-16(13-20-14-17-6-5-11-22-17)7-8-18(19)21-9-3-4-10-21/h5-8,11-12,15,20H,3-4,9-10,13-14H2,1-2H3. The number of anilines is 1. The van der Waals surface area contributed by atoms with Crippen molar-refractivity contribution in [2.75, 3.05) is 18.0 Å². The van der Waals surface area contributed by atoms with E-state index >= 15 is 0 Å². The average Bonchev–Trinajstić information content (AvgIpc) is 3.20. The zero-order chi connectivity index (χ0) is 16.1. The smallest absolute Gasteiger partial charge is 0.143 e. The summed E-state index contributed by atoms with van der Waals surface area (Å²) in [7, 11) is 0. The first-order valence-electron chi connectivity index (χ1n) is 8.50. The van der Waals surface area contributed by atoms with Crippen LogP contribution < -0.4 is 15.0 Å². The molecule has 4 nitrogen and oxygen atoms in total. The maximum atomic E-state index is 6.06. The first kappa shape index (κ1) is 15.9. The van der Waals surface area contributed by atoms with Crippen molar-refractivity contribution in [1.29, 1.82) is 0 Å². The van der Waals surface area contributed by atoms with E-state index in [1.165, 1.54) is 24.1 Å². The molecule has 1 aliphatic rings. The molecule has 1 saturated heterocycles. The summed E-state index contributed by atoms with van der Waals surface area (Å²) in [4.78, 5) is 2.43. The molecule has 3 rings (SSSR count). The minimum atomic E-state index is 0.183. The van der Waals surface area contributed by atoms with Crippen LogP contribution >= 0.6 is 0 Å². The lowest BCUT2D eigenvalue weighted by atomic mass is 10.1. The molecule has 0 aliphatic carbocycles. The molecule has 1 aromatic carbocycles.